The van der Waals surface area contributed by atoms with Gasteiger partial charge in [-0.25, -0.2) is 0 Å². The van der Waals surface area contributed by atoms with Crippen molar-refractivity contribution in [2.75, 3.05) is 4.90 Å². The molecule has 0 saturated heterocycles. The van der Waals surface area contributed by atoms with Gasteiger partial charge in [-0.1, -0.05) is 135 Å². The molecule has 4 aliphatic rings. The Morgan fingerprint density at radius 2 is 1.51 bits per heavy atom. The zero-order chi connectivity index (χ0) is 32.7. The van der Waals surface area contributed by atoms with Crippen LogP contribution >= 0.6 is 11.3 Å². The van der Waals surface area contributed by atoms with Crippen LogP contribution in [0.3, 0.4) is 0 Å². The maximum Gasteiger partial charge on any atom is 0.0637 e. The average molecular weight is 648 g/mol. The average Bonchev–Trinajstić information content (AvgIpc) is 3.65. The summed E-state index contributed by atoms with van der Waals surface area (Å²) >= 11 is 1.90. The Morgan fingerprint density at radius 3 is 2.41 bits per heavy atom. The summed E-state index contributed by atoms with van der Waals surface area (Å²) in [7, 11) is 0. The molecule has 0 amide bonds. The van der Waals surface area contributed by atoms with E-state index < -0.39 is 0 Å². The van der Waals surface area contributed by atoms with E-state index in [4.69, 9.17) is 0 Å². The second-order valence-corrected chi connectivity index (χ2v) is 15.4. The van der Waals surface area contributed by atoms with E-state index in [-0.39, 0.29) is 11.3 Å². The standard InChI is InChI=1S/C47H37NS/c1-47(2)41-19-9-7-15-36(41)37-27-24-31(28-42(37)47)30-22-25-33(26-23-30)48(43-20-11-18-40-39-17-8-10-21-45(39)49-46(40)43)44-29-32-12-3-4-13-34(32)35-14-5-6-16-38(35)44/h3-8,10-18,20-29,35,38H,9,19H2,1-2H3. The van der Waals surface area contributed by atoms with Crippen LogP contribution in [-0.2, 0) is 5.41 Å². The van der Waals surface area contributed by atoms with E-state index in [1.54, 1.807) is 5.57 Å². The van der Waals surface area contributed by atoms with Crippen LogP contribution in [0.15, 0.2) is 157 Å². The molecule has 10 rings (SSSR count). The van der Waals surface area contributed by atoms with E-state index >= 15 is 0 Å². The van der Waals surface area contributed by atoms with Gasteiger partial charge in [0, 0.05) is 44.1 Å². The molecule has 6 aromatic rings. The van der Waals surface area contributed by atoms with Gasteiger partial charge < -0.3 is 4.90 Å². The highest BCUT2D eigenvalue weighted by Gasteiger charge is 2.38. The van der Waals surface area contributed by atoms with Crippen molar-refractivity contribution in [1.29, 1.82) is 0 Å². The van der Waals surface area contributed by atoms with Gasteiger partial charge in [0.25, 0.3) is 0 Å². The fraction of sp³-hybridized carbons (Fsp3) is 0.149. The number of anilines is 2. The van der Waals surface area contributed by atoms with Crippen molar-refractivity contribution < 1.29 is 0 Å². The largest absolute Gasteiger partial charge is 0.312 e. The van der Waals surface area contributed by atoms with E-state index in [2.05, 4.69) is 170 Å². The molecule has 2 unspecified atom stereocenters. The molecule has 0 saturated carbocycles. The molecule has 49 heavy (non-hydrogen) atoms. The van der Waals surface area contributed by atoms with Gasteiger partial charge in [0.2, 0.25) is 0 Å². The number of benzene rings is 5. The zero-order valence-electron chi connectivity index (χ0n) is 27.9. The van der Waals surface area contributed by atoms with Gasteiger partial charge in [0.1, 0.15) is 0 Å². The lowest BCUT2D eigenvalue weighted by Crippen LogP contribution is -2.28. The van der Waals surface area contributed by atoms with Crippen LogP contribution in [0.5, 0.6) is 0 Å². The maximum atomic E-state index is 2.55. The molecule has 0 radical (unpaired) electrons. The first-order valence-electron chi connectivity index (χ1n) is 17.6. The minimum atomic E-state index is 0.0629. The lowest BCUT2D eigenvalue weighted by atomic mass is 9.74. The molecule has 0 spiro atoms. The molecule has 0 fully saturated rings. The van der Waals surface area contributed by atoms with Gasteiger partial charge in [-0.2, -0.15) is 0 Å². The van der Waals surface area contributed by atoms with Crippen molar-refractivity contribution in [1.82, 2.24) is 0 Å². The van der Waals surface area contributed by atoms with E-state index in [1.807, 2.05) is 11.3 Å². The van der Waals surface area contributed by atoms with Crippen LogP contribution in [-0.4, -0.2) is 0 Å². The van der Waals surface area contributed by atoms with Crippen LogP contribution in [0.4, 0.5) is 11.4 Å². The number of hydrogen-bond acceptors (Lipinski definition) is 2. The summed E-state index contributed by atoms with van der Waals surface area (Å²) in [6.07, 6.45) is 18.7. The lowest BCUT2D eigenvalue weighted by molar-refractivity contribution is 0.607. The molecule has 0 aliphatic heterocycles. The van der Waals surface area contributed by atoms with E-state index in [1.165, 1.54) is 76.2 Å². The smallest absolute Gasteiger partial charge is 0.0637 e. The van der Waals surface area contributed by atoms with Crippen LogP contribution in [0.1, 0.15) is 54.9 Å². The van der Waals surface area contributed by atoms with Gasteiger partial charge in [0.05, 0.1) is 10.4 Å². The molecular weight excluding hydrogens is 611 g/mol. The third-order valence-electron chi connectivity index (χ3n) is 11.4. The summed E-state index contributed by atoms with van der Waals surface area (Å²) in [6, 6.07) is 41.1. The van der Waals surface area contributed by atoms with Gasteiger partial charge in [0.15, 0.2) is 0 Å². The molecular formula is C47H37NS. The summed E-state index contributed by atoms with van der Waals surface area (Å²) in [4.78, 5) is 2.55. The summed E-state index contributed by atoms with van der Waals surface area (Å²) < 4.78 is 2.65. The normalized spacial score (nSPS) is 19.8. The van der Waals surface area contributed by atoms with E-state index in [9.17, 15) is 0 Å². The van der Waals surface area contributed by atoms with Crippen molar-refractivity contribution in [3.63, 3.8) is 0 Å². The van der Waals surface area contributed by atoms with Crippen LogP contribution in [0.25, 0.3) is 42.9 Å². The number of fused-ring (bicyclic) bond motifs is 8. The summed E-state index contributed by atoms with van der Waals surface area (Å²) in [5.41, 5.74) is 14.9. The number of rotatable bonds is 4. The molecule has 1 heterocycles. The number of thiophene rings is 1. The predicted octanol–water partition coefficient (Wildman–Crippen LogP) is 13.1. The Kier molecular flexibility index (Phi) is 6.42. The van der Waals surface area contributed by atoms with Gasteiger partial charge >= 0.3 is 0 Å². The Bertz CT molecular complexity index is 2480. The summed E-state index contributed by atoms with van der Waals surface area (Å²) in [6.45, 7) is 4.82. The third-order valence-corrected chi connectivity index (χ3v) is 12.6. The predicted molar refractivity (Wildman–Crippen MR) is 211 cm³/mol. The van der Waals surface area contributed by atoms with E-state index in [0.29, 0.717) is 5.92 Å². The number of hydrogen-bond donors (Lipinski definition) is 0. The highest BCUT2D eigenvalue weighted by molar-refractivity contribution is 7.26. The molecule has 4 aliphatic carbocycles. The first-order chi connectivity index (χ1) is 24.1. The fourth-order valence-electron chi connectivity index (χ4n) is 8.94. The monoisotopic (exact) mass is 647 g/mol. The van der Waals surface area contributed by atoms with Crippen LogP contribution in [0.2, 0.25) is 0 Å². The quantitative estimate of drug-likeness (QED) is 0.184. The number of allylic oxidation sites excluding steroid dienone is 8. The molecule has 1 nitrogen and oxygen atoms in total. The first-order valence-corrected chi connectivity index (χ1v) is 18.4. The molecule has 0 bridgehead atoms. The Labute approximate surface area is 292 Å². The second kappa shape index (κ2) is 10.9. The highest BCUT2D eigenvalue weighted by atomic mass is 32.1. The fourth-order valence-corrected chi connectivity index (χ4v) is 10.2. The molecule has 2 heteroatoms. The molecule has 236 valence electrons. The van der Waals surface area contributed by atoms with Crippen molar-refractivity contribution in [3.8, 4) is 11.1 Å². The van der Waals surface area contributed by atoms with Crippen molar-refractivity contribution in [2.45, 2.75) is 38.0 Å². The molecule has 1 aromatic heterocycles. The van der Waals surface area contributed by atoms with Gasteiger partial charge in [-0.15, -0.1) is 11.3 Å². The first kappa shape index (κ1) is 28.8. The zero-order valence-corrected chi connectivity index (χ0v) is 28.7. The molecule has 2 atom stereocenters. The topological polar surface area (TPSA) is 3.24 Å². The molecule has 0 N–H and O–H groups in total. The van der Waals surface area contributed by atoms with Gasteiger partial charge in [-0.05, 0) is 88.2 Å². The Morgan fingerprint density at radius 1 is 0.735 bits per heavy atom. The minimum absolute atomic E-state index is 0.0629. The van der Waals surface area contributed by atoms with Crippen LogP contribution < -0.4 is 4.90 Å². The highest BCUT2D eigenvalue weighted by Crippen LogP contribution is 2.52. The van der Waals surface area contributed by atoms with Crippen molar-refractivity contribution >= 4 is 54.5 Å². The lowest BCUT2D eigenvalue weighted by Gasteiger charge is -2.39. The SMILES string of the molecule is CC1(C)C2=C(C=CCC2)c2ccc(-c3ccc(N(C4=Cc5ccccc5C5C=CC=CC45)c4cccc5c4sc4ccccc45)cc3)cc21. The van der Waals surface area contributed by atoms with Crippen molar-refractivity contribution in [2.24, 2.45) is 5.92 Å². The number of nitrogens with zero attached hydrogens (tertiary/aromatic N) is 1. The maximum absolute atomic E-state index is 2.55. The molecule has 5 aromatic carbocycles. The Hall–Kier alpha value is -5.18. The third kappa shape index (κ3) is 4.37. The summed E-state index contributed by atoms with van der Waals surface area (Å²) in [5, 5.41) is 2.64. The van der Waals surface area contributed by atoms with Gasteiger partial charge in [-0.3, -0.25) is 0 Å². The van der Waals surface area contributed by atoms with Crippen molar-refractivity contribution in [3.05, 3.63) is 179 Å². The van der Waals surface area contributed by atoms with Crippen LogP contribution in [0, 0.1) is 5.92 Å². The second-order valence-electron chi connectivity index (χ2n) is 14.4. The minimum Gasteiger partial charge on any atom is -0.312 e. The summed E-state index contributed by atoms with van der Waals surface area (Å²) in [5.74, 6) is 0.532. The van der Waals surface area contributed by atoms with E-state index in [0.717, 1.165) is 12.8 Å². The Balaban J connectivity index is 1.13.